The molecule has 19 heavy (non-hydrogen) atoms. The highest BCUT2D eigenvalue weighted by Crippen LogP contribution is 2.25. The summed E-state index contributed by atoms with van der Waals surface area (Å²) >= 11 is 11.6. The molecule has 0 atom stereocenters. The van der Waals surface area contributed by atoms with Crippen LogP contribution >= 0.6 is 23.8 Å². The molecule has 3 aromatic rings. The summed E-state index contributed by atoms with van der Waals surface area (Å²) in [6.45, 7) is 0. The van der Waals surface area contributed by atoms with Gasteiger partial charge in [-0.1, -0.05) is 23.7 Å². The zero-order chi connectivity index (χ0) is 13.4. The Bertz CT molecular complexity index is 870. The number of halogens is 1. The second-order valence-electron chi connectivity index (χ2n) is 4.06. The molecule has 1 heterocycles. The van der Waals surface area contributed by atoms with Gasteiger partial charge in [0.25, 0.3) is 0 Å². The second-order valence-corrected chi connectivity index (χ2v) is 4.85. The molecule has 0 radical (unpaired) electrons. The fourth-order valence-corrected chi connectivity index (χ4v) is 2.57. The molecule has 92 valence electrons. The van der Waals surface area contributed by atoms with Gasteiger partial charge in [-0.05, 0) is 42.5 Å². The maximum absolute atomic E-state index is 9.00. The van der Waals surface area contributed by atoms with Gasteiger partial charge in [0.1, 0.15) is 0 Å². The minimum absolute atomic E-state index is 0.554. The summed E-state index contributed by atoms with van der Waals surface area (Å²) in [5.74, 6) is 0. The zero-order valence-corrected chi connectivity index (χ0v) is 11.3. The molecule has 5 heteroatoms. The minimum Gasteiger partial charge on any atom is -0.330 e. The highest BCUT2D eigenvalue weighted by molar-refractivity contribution is 7.71. The predicted molar refractivity (Wildman–Crippen MR) is 78.2 cm³/mol. The van der Waals surface area contributed by atoms with E-state index < -0.39 is 0 Å². The number of nitrogens with one attached hydrogen (secondary N) is 1. The number of nitrogens with zero attached hydrogens (tertiary/aromatic N) is 2. The zero-order valence-electron chi connectivity index (χ0n) is 9.72. The summed E-state index contributed by atoms with van der Waals surface area (Å²) in [5, 5.41) is 9.61. The topological polar surface area (TPSA) is 44.5 Å². The molecule has 1 N–H and O–H groups in total. The van der Waals surface area contributed by atoms with Gasteiger partial charge < -0.3 is 4.98 Å². The molecule has 0 fully saturated rings. The van der Waals surface area contributed by atoms with Gasteiger partial charge in [0.2, 0.25) is 0 Å². The van der Waals surface area contributed by atoms with Crippen LogP contribution in [0.5, 0.6) is 0 Å². The quantitative estimate of drug-likeness (QED) is 0.681. The van der Waals surface area contributed by atoms with Gasteiger partial charge in [0.15, 0.2) is 4.77 Å². The molecule has 0 saturated heterocycles. The highest BCUT2D eigenvalue weighted by atomic mass is 35.5. The number of hydrogen-bond acceptors (Lipinski definition) is 2. The van der Waals surface area contributed by atoms with E-state index in [0.717, 1.165) is 16.7 Å². The molecular formula is C14H8ClN3S. The lowest BCUT2D eigenvalue weighted by Gasteiger charge is -2.06. The van der Waals surface area contributed by atoms with E-state index in [-0.39, 0.29) is 0 Å². The summed E-state index contributed by atoms with van der Waals surface area (Å²) < 4.78 is 2.39. The third-order valence-corrected chi connectivity index (χ3v) is 3.51. The van der Waals surface area contributed by atoms with Crippen molar-refractivity contribution in [2.75, 3.05) is 0 Å². The van der Waals surface area contributed by atoms with Crippen LogP contribution in [-0.2, 0) is 0 Å². The molecule has 0 unspecified atom stereocenters. The number of hydrogen-bond donors (Lipinski definition) is 1. The van der Waals surface area contributed by atoms with E-state index in [1.54, 1.807) is 12.1 Å². The van der Waals surface area contributed by atoms with Crippen LogP contribution in [0.3, 0.4) is 0 Å². The van der Waals surface area contributed by atoms with E-state index >= 15 is 0 Å². The molecule has 3 rings (SSSR count). The van der Waals surface area contributed by atoms with E-state index in [1.807, 2.05) is 34.9 Å². The number of nitriles is 1. The predicted octanol–water partition coefficient (Wildman–Crippen LogP) is 4.21. The summed E-state index contributed by atoms with van der Waals surface area (Å²) in [7, 11) is 0. The van der Waals surface area contributed by atoms with Gasteiger partial charge in [-0.15, -0.1) is 0 Å². The van der Waals surface area contributed by atoms with Crippen LogP contribution < -0.4 is 0 Å². The monoisotopic (exact) mass is 285 g/mol. The molecule has 1 aromatic heterocycles. The van der Waals surface area contributed by atoms with Crippen LogP contribution in [0.2, 0.25) is 5.02 Å². The van der Waals surface area contributed by atoms with Gasteiger partial charge in [0.05, 0.1) is 33.4 Å². The van der Waals surface area contributed by atoms with Gasteiger partial charge >= 0.3 is 0 Å². The smallest absolute Gasteiger partial charge is 0.182 e. The van der Waals surface area contributed by atoms with Crippen molar-refractivity contribution in [2.45, 2.75) is 0 Å². The molecule has 0 saturated carbocycles. The van der Waals surface area contributed by atoms with Crippen LogP contribution in [0.15, 0.2) is 42.5 Å². The first kappa shape index (κ1) is 12.0. The van der Waals surface area contributed by atoms with Crippen LogP contribution in [0.1, 0.15) is 5.56 Å². The van der Waals surface area contributed by atoms with Crippen molar-refractivity contribution in [2.24, 2.45) is 0 Å². The number of aromatic amines is 1. The number of fused-ring (bicyclic) bond motifs is 1. The summed E-state index contributed by atoms with van der Waals surface area (Å²) in [6, 6.07) is 15.0. The van der Waals surface area contributed by atoms with Gasteiger partial charge in [-0.3, -0.25) is 4.57 Å². The van der Waals surface area contributed by atoms with E-state index in [1.165, 1.54) is 0 Å². The normalized spacial score (nSPS) is 10.5. The Balaban J connectivity index is 2.41. The third kappa shape index (κ3) is 1.93. The van der Waals surface area contributed by atoms with Crippen molar-refractivity contribution in [1.82, 2.24) is 9.55 Å². The molecule has 0 aliphatic rings. The maximum atomic E-state index is 9.00. The lowest BCUT2D eigenvalue weighted by atomic mass is 10.2. The Hall–Kier alpha value is -2.09. The van der Waals surface area contributed by atoms with Crippen LogP contribution in [0.4, 0.5) is 0 Å². The summed E-state index contributed by atoms with van der Waals surface area (Å²) in [6.07, 6.45) is 0. The molecular weight excluding hydrogens is 278 g/mol. The fraction of sp³-hybridized carbons (Fsp3) is 0. The molecule has 0 spiro atoms. The fourth-order valence-electron chi connectivity index (χ4n) is 2.04. The molecule has 0 aliphatic heterocycles. The first-order valence-electron chi connectivity index (χ1n) is 5.60. The Labute approximate surface area is 119 Å². The van der Waals surface area contributed by atoms with Crippen molar-refractivity contribution < 1.29 is 0 Å². The lowest BCUT2D eigenvalue weighted by molar-refractivity contribution is 1.06. The van der Waals surface area contributed by atoms with E-state index in [0.29, 0.717) is 15.4 Å². The first-order chi connectivity index (χ1) is 9.20. The number of benzene rings is 2. The standard InChI is InChI=1S/C14H8ClN3S/c15-10-3-1-2-4-12(10)18-13-7-9(8-16)5-6-11(13)17-14(18)19/h1-7H,(H,17,19). The van der Waals surface area contributed by atoms with Gasteiger partial charge in [-0.2, -0.15) is 5.26 Å². The first-order valence-corrected chi connectivity index (χ1v) is 6.39. The van der Waals surface area contributed by atoms with Gasteiger partial charge in [0, 0.05) is 0 Å². The largest absolute Gasteiger partial charge is 0.330 e. The lowest BCUT2D eigenvalue weighted by Crippen LogP contribution is -1.94. The molecule has 0 amide bonds. The van der Waals surface area contributed by atoms with E-state index in [9.17, 15) is 0 Å². The second kappa shape index (κ2) is 4.54. The molecule has 3 nitrogen and oxygen atoms in total. The Morgan fingerprint density at radius 3 is 2.74 bits per heavy atom. The average molecular weight is 286 g/mol. The van der Waals surface area contributed by atoms with Crippen LogP contribution in [0.25, 0.3) is 16.7 Å². The van der Waals surface area contributed by atoms with Crippen molar-refractivity contribution in [1.29, 1.82) is 5.26 Å². The Morgan fingerprint density at radius 2 is 2.00 bits per heavy atom. The SMILES string of the molecule is N#Cc1ccc2[nH]c(=S)n(-c3ccccc3Cl)c2c1. The number of para-hydroxylation sites is 1. The van der Waals surface area contributed by atoms with E-state index in [4.69, 9.17) is 29.1 Å². The van der Waals surface area contributed by atoms with E-state index in [2.05, 4.69) is 11.1 Å². The number of rotatable bonds is 1. The summed E-state index contributed by atoms with van der Waals surface area (Å²) in [5.41, 5.74) is 3.11. The Kier molecular flexibility index (Phi) is 2.86. The van der Waals surface area contributed by atoms with Crippen LogP contribution in [-0.4, -0.2) is 9.55 Å². The molecule has 0 aliphatic carbocycles. The van der Waals surface area contributed by atoms with Crippen molar-refractivity contribution in [3.63, 3.8) is 0 Å². The number of aromatic nitrogens is 2. The average Bonchev–Trinajstić information content (AvgIpc) is 2.74. The summed E-state index contributed by atoms with van der Waals surface area (Å²) in [4.78, 5) is 3.11. The Morgan fingerprint density at radius 1 is 1.21 bits per heavy atom. The third-order valence-electron chi connectivity index (χ3n) is 2.91. The van der Waals surface area contributed by atoms with Gasteiger partial charge in [-0.25, -0.2) is 0 Å². The number of imidazole rings is 1. The highest BCUT2D eigenvalue weighted by Gasteiger charge is 2.09. The molecule has 2 aromatic carbocycles. The minimum atomic E-state index is 0.554. The van der Waals surface area contributed by atoms with Crippen molar-refractivity contribution >= 4 is 34.9 Å². The maximum Gasteiger partial charge on any atom is 0.182 e. The number of H-pyrrole nitrogens is 1. The van der Waals surface area contributed by atoms with Crippen molar-refractivity contribution in [3.05, 3.63) is 57.8 Å². The van der Waals surface area contributed by atoms with Crippen molar-refractivity contribution in [3.8, 4) is 11.8 Å². The van der Waals surface area contributed by atoms with Crippen LogP contribution in [0, 0.1) is 16.1 Å². The molecule has 0 bridgehead atoms.